The first-order valence-electron chi connectivity index (χ1n) is 9.96. The molecule has 2 fully saturated rings. The van der Waals surface area contributed by atoms with Gasteiger partial charge in [-0.3, -0.25) is 0 Å². The monoisotopic (exact) mass is 335 g/mol. The van der Waals surface area contributed by atoms with Crippen molar-refractivity contribution < 1.29 is 8.78 Å². The number of halogens is 2. The average molecular weight is 335 g/mol. The van der Waals surface area contributed by atoms with E-state index in [2.05, 4.69) is 11.9 Å². The van der Waals surface area contributed by atoms with Crippen LogP contribution in [0, 0.1) is 35.6 Å². The number of hydrogen-bond donors (Lipinski definition) is 0. The maximum Gasteiger partial charge on any atom is 0.218 e. The summed E-state index contributed by atoms with van der Waals surface area (Å²) in [4.78, 5) is 3.29. The van der Waals surface area contributed by atoms with E-state index < -0.39 is 11.9 Å². The second kappa shape index (κ2) is 8.40. The molecule has 2 aliphatic carbocycles. The molecule has 0 N–H and O–H groups in total. The summed E-state index contributed by atoms with van der Waals surface area (Å²) in [6.45, 7) is 2.33. The molecule has 0 radical (unpaired) electrons. The maximum absolute atomic E-state index is 13.6. The van der Waals surface area contributed by atoms with Gasteiger partial charge in [0.2, 0.25) is 11.9 Å². The van der Waals surface area contributed by atoms with Gasteiger partial charge in [0.15, 0.2) is 0 Å². The van der Waals surface area contributed by atoms with Crippen LogP contribution in [0.3, 0.4) is 0 Å². The number of rotatable bonds is 5. The fraction of sp³-hybridized carbons (Fsp3) is 0.762. The third-order valence-electron chi connectivity index (χ3n) is 6.74. The van der Waals surface area contributed by atoms with Crippen LogP contribution < -0.4 is 0 Å². The molecular weight excluding hydrogens is 304 g/mol. The van der Waals surface area contributed by atoms with Crippen LogP contribution in [0.5, 0.6) is 0 Å². The average Bonchev–Trinajstić information content (AvgIpc) is 2.62. The van der Waals surface area contributed by atoms with E-state index >= 15 is 0 Å². The molecule has 1 nitrogen and oxygen atoms in total. The van der Waals surface area contributed by atoms with Gasteiger partial charge in [0, 0.05) is 5.56 Å². The molecule has 0 aromatic carbocycles. The second-order valence-corrected chi connectivity index (χ2v) is 8.09. The second-order valence-electron chi connectivity index (χ2n) is 8.09. The van der Waals surface area contributed by atoms with E-state index in [4.69, 9.17) is 0 Å². The van der Waals surface area contributed by atoms with E-state index in [1.165, 1.54) is 63.9 Å². The summed E-state index contributed by atoms with van der Waals surface area (Å²) in [6, 6.07) is 2.82. The number of aryl methyl sites for hydroxylation is 1. The van der Waals surface area contributed by atoms with Crippen molar-refractivity contribution in [3.05, 3.63) is 29.6 Å². The van der Waals surface area contributed by atoms with Gasteiger partial charge in [0.25, 0.3) is 0 Å². The number of hydrogen-bond acceptors (Lipinski definition) is 1. The number of nitrogens with zero attached hydrogens (tertiary/aromatic N) is 1. The summed E-state index contributed by atoms with van der Waals surface area (Å²) in [5, 5.41) is 0. The molecule has 24 heavy (non-hydrogen) atoms. The van der Waals surface area contributed by atoms with Gasteiger partial charge >= 0.3 is 0 Å². The van der Waals surface area contributed by atoms with Crippen molar-refractivity contribution in [3.63, 3.8) is 0 Å². The summed E-state index contributed by atoms with van der Waals surface area (Å²) in [5.41, 5.74) is 0.566. The Bertz CT molecular complexity index is 515. The first kappa shape index (κ1) is 17.8. The van der Waals surface area contributed by atoms with E-state index in [1.54, 1.807) is 6.07 Å². The van der Waals surface area contributed by atoms with Crippen molar-refractivity contribution in [2.75, 3.05) is 0 Å². The van der Waals surface area contributed by atoms with Crippen LogP contribution in [0.15, 0.2) is 12.1 Å². The molecule has 0 spiro atoms. The van der Waals surface area contributed by atoms with Crippen LogP contribution in [-0.2, 0) is 6.42 Å². The lowest BCUT2D eigenvalue weighted by Gasteiger charge is -2.37. The van der Waals surface area contributed by atoms with Gasteiger partial charge in [-0.2, -0.15) is 13.8 Å². The Balaban J connectivity index is 1.41. The standard InChI is InChI=1S/C21H31F2N/c1-2-15-3-8-17(9-4-15)18-10-5-16(6-11-18)7-12-19-13-14-20(22)24-21(19)23/h13-18H,2-12H2,1H3/t15-,16?,17-,18?. The topological polar surface area (TPSA) is 12.9 Å². The van der Waals surface area contributed by atoms with Crippen LogP contribution in [0.1, 0.15) is 76.7 Å². The van der Waals surface area contributed by atoms with Gasteiger partial charge < -0.3 is 0 Å². The highest BCUT2D eigenvalue weighted by molar-refractivity contribution is 5.11. The zero-order valence-corrected chi connectivity index (χ0v) is 14.9. The summed E-state index contributed by atoms with van der Waals surface area (Å²) < 4.78 is 26.5. The lowest BCUT2D eigenvalue weighted by molar-refractivity contribution is 0.142. The largest absolute Gasteiger partial charge is 0.218 e. The fourth-order valence-corrected chi connectivity index (χ4v) is 5.00. The molecule has 0 bridgehead atoms. The quantitative estimate of drug-likeness (QED) is 0.574. The molecular formula is C21H31F2N. The van der Waals surface area contributed by atoms with Crippen LogP contribution in [-0.4, -0.2) is 4.98 Å². The summed E-state index contributed by atoms with van der Waals surface area (Å²) in [5.74, 6) is 2.23. The lowest BCUT2D eigenvalue weighted by atomic mass is 9.68. The number of pyridine rings is 1. The molecule has 1 aromatic rings. The molecule has 3 rings (SSSR count). The Morgan fingerprint density at radius 3 is 2.00 bits per heavy atom. The molecule has 0 saturated heterocycles. The Hall–Kier alpha value is -0.990. The Labute approximate surface area is 145 Å². The molecule has 2 aliphatic rings. The molecule has 2 saturated carbocycles. The van der Waals surface area contributed by atoms with E-state index in [1.807, 2.05) is 0 Å². The fourth-order valence-electron chi connectivity index (χ4n) is 5.00. The predicted octanol–water partition coefficient (Wildman–Crippen LogP) is 6.32. The molecule has 0 atom stereocenters. The Kier molecular flexibility index (Phi) is 6.24. The molecule has 134 valence electrons. The van der Waals surface area contributed by atoms with Crippen LogP contribution in [0.4, 0.5) is 8.78 Å². The van der Waals surface area contributed by atoms with Crippen LogP contribution >= 0.6 is 0 Å². The van der Waals surface area contributed by atoms with Crippen molar-refractivity contribution in [3.8, 4) is 0 Å². The minimum atomic E-state index is -0.727. The minimum Gasteiger partial charge on any atom is -0.190 e. The third-order valence-corrected chi connectivity index (χ3v) is 6.74. The van der Waals surface area contributed by atoms with E-state index in [9.17, 15) is 8.78 Å². The van der Waals surface area contributed by atoms with E-state index in [0.717, 1.165) is 24.2 Å². The van der Waals surface area contributed by atoms with Crippen LogP contribution in [0.25, 0.3) is 0 Å². The highest BCUT2D eigenvalue weighted by Crippen LogP contribution is 2.42. The lowest BCUT2D eigenvalue weighted by Crippen LogP contribution is -2.25. The number of aromatic nitrogens is 1. The zero-order chi connectivity index (χ0) is 16.9. The van der Waals surface area contributed by atoms with Crippen molar-refractivity contribution in [1.82, 2.24) is 4.98 Å². The first-order chi connectivity index (χ1) is 11.7. The summed E-state index contributed by atoms with van der Waals surface area (Å²) in [6.07, 6.45) is 14.1. The van der Waals surface area contributed by atoms with Crippen molar-refractivity contribution in [2.45, 2.75) is 77.6 Å². The van der Waals surface area contributed by atoms with Crippen molar-refractivity contribution in [1.29, 1.82) is 0 Å². The normalized spacial score (nSPS) is 31.1. The molecule has 3 heteroatoms. The SMILES string of the molecule is CC[C@H]1CC[C@H](C2CCC(CCc3ccc(F)nc3F)CC2)CC1. The van der Waals surface area contributed by atoms with Crippen molar-refractivity contribution in [2.24, 2.45) is 23.7 Å². The van der Waals surface area contributed by atoms with Gasteiger partial charge in [-0.1, -0.05) is 39.0 Å². The van der Waals surface area contributed by atoms with Crippen LogP contribution in [0.2, 0.25) is 0 Å². The first-order valence-corrected chi connectivity index (χ1v) is 9.96. The van der Waals surface area contributed by atoms with E-state index in [-0.39, 0.29) is 0 Å². The predicted molar refractivity (Wildman–Crippen MR) is 93.7 cm³/mol. The molecule has 1 aromatic heterocycles. The van der Waals surface area contributed by atoms with Gasteiger partial charge in [-0.15, -0.1) is 0 Å². The zero-order valence-electron chi connectivity index (χ0n) is 14.9. The highest BCUT2D eigenvalue weighted by atomic mass is 19.1. The van der Waals surface area contributed by atoms with Gasteiger partial charge in [-0.05, 0) is 74.3 Å². The maximum atomic E-state index is 13.6. The van der Waals surface area contributed by atoms with E-state index in [0.29, 0.717) is 17.9 Å². The Morgan fingerprint density at radius 2 is 1.46 bits per heavy atom. The summed E-state index contributed by atoms with van der Waals surface area (Å²) >= 11 is 0. The Morgan fingerprint density at radius 1 is 0.875 bits per heavy atom. The van der Waals surface area contributed by atoms with Crippen molar-refractivity contribution >= 4 is 0 Å². The smallest absolute Gasteiger partial charge is 0.190 e. The molecule has 0 amide bonds. The van der Waals surface area contributed by atoms with Gasteiger partial charge in [-0.25, -0.2) is 0 Å². The highest BCUT2D eigenvalue weighted by Gasteiger charge is 2.30. The van der Waals surface area contributed by atoms with Gasteiger partial charge in [0.1, 0.15) is 0 Å². The van der Waals surface area contributed by atoms with Gasteiger partial charge in [0.05, 0.1) is 0 Å². The minimum absolute atomic E-state index is 0.566. The molecule has 1 heterocycles. The summed E-state index contributed by atoms with van der Waals surface area (Å²) in [7, 11) is 0. The molecule has 0 unspecified atom stereocenters. The molecule has 0 aliphatic heterocycles. The third kappa shape index (κ3) is 4.55.